The molecule has 1 amide bonds. The van der Waals surface area contributed by atoms with E-state index in [-0.39, 0.29) is 24.2 Å². The third kappa shape index (κ3) is 3.58. The molecule has 0 unspecified atom stereocenters. The Labute approximate surface area is 111 Å². The van der Waals surface area contributed by atoms with Gasteiger partial charge in [0.05, 0.1) is 25.3 Å². The molecule has 5 nitrogen and oxygen atoms in total. The molecule has 0 saturated heterocycles. The van der Waals surface area contributed by atoms with E-state index in [1.54, 1.807) is 18.2 Å². The van der Waals surface area contributed by atoms with Crippen molar-refractivity contribution in [3.8, 4) is 18.4 Å². The fourth-order valence-electron chi connectivity index (χ4n) is 1.47. The fraction of sp³-hybridized carbons (Fsp3) is 0.214. The number of terminal acetylenes is 1. The Kier molecular flexibility index (Phi) is 5.13. The highest BCUT2D eigenvalue weighted by molar-refractivity contribution is 5.98. The highest BCUT2D eigenvalue weighted by Crippen LogP contribution is 2.09. The van der Waals surface area contributed by atoms with Gasteiger partial charge >= 0.3 is 5.97 Å². The van der Waals surface area contributed by atoms with Gasteiger partial charge in [-0.2, -0.15) is 5.26 Å². The van der Waals surface area contributed by atoms with Gasteiger partial charge in [0, 0.05) is 5.56 Å². The molecule has 1 aromatic carbocycles. The van der Waals surface area contributed by atoms with Crippen LogP contribution in [0.25, 0.3) is 0 Å². The van der Waals surface area contributed by atoms with E-state index in [0.717, 1.165) is 0 Å². The van der Waals surface area contributed by atoms with Crippen molar-refractivity contribution in [1.82, 2.24) is 4.90 Å². The number of hydrogen-bond donors (Lipinski definition) is 0. The minimum absolute atomic E-state index is 0.0366. The average Bonchev–Trinajstić information content (AvgIpc) is 2.45. The number of nitrogens with zero attached hydrogens (tertiary/aromatic N) is 2. The Morgan fingerprint density at radius 1 is 1.37 bits per heavy atom. The van der Waals surface area contributed by atoms with Gasteiger partial charge < -0.3 is 9.64 Å². The van der Waals surface area contributed by atoms with Crippen molar-refractivity contribution in [3.05, 3.63) is 35.4 Å². The topological polar surface area (TPSA) is 70.4 Å². The number of benzene rings is 1. The Balaban J connectivity index is 3.02. The summed E-state index contributed by atoms with van der Waals surface area (Å²) in [5.41, 5.74) is 0.555. The van der Waals surface area contributed by atoms with Crippen molar-refractivity contribution >= 4 is 11.9 Å². The van der Waals surface area contributed by atoms with Crippen LogP contribution in [0, 0.1) is 23.7 Å². The average molecular weight is 256 g/mol. The number of amides is 1. The summed E-state index contributed by atoms with van der Waals surface area (Å²) >= 11 is 0. The van der Waals surface area contributed by atoms with Gasteiger partial charge in [-0.25, -0.2) is 4.79 Å². The molecular formula is C14H12N2O3. The van der Waals surface area contributed by atoms with Crippen LogP contribution < -0.4 is 0 Å². The summed E-state index contributed by atoms with van der Waals surface area (Å²) in [6.45, 7) is -0.0691. The van der Waals surface area contributed by atoms with Crippen LogP contribution in [0.3, 0.4) is 0 Å². The third-order valence-corrected chi connectivity index (χ3v) is 2.36. The monoisotopic (exact) mass is 256 g/mol. The molecular weight excluding hydrogens is 244 g/mol. The molecule has 0 fully saturated rings. The van der Waals surface area contributed by atoms with E-state index in [0.29, 0.717) is 0 Å². The van der Waals surface area contributed by atoms with Crippen LogP contribution in [0.4, 0.5) is 0 Å². The molecule has 0 spiro atoms. The van der Waals surface area contributed by atoms with Crippen LogP contribution >= 0.6 is 0 Å². The maximum Gasteiger partial charge on any atom is 0.337 e. The number of carbonyl (C=O) groups excluding carboxylic acids is 2. The van der Waals surface area contributed by atoms with E-state index in [1.807, 2.05) is 6.07 Å². The molecule has 0 radical (unpaired) electrons. The molecule has 1 aromatic rings. The molecule has 5 heteroatoms. The zero-order valence-corrected chi connectivity index (χ0v) is 10.4. The number of nitriles is 1. The van der Waals surface area contributed by atoms with E-state index in [1.165, 1.54) is 18.1 Å². The molecule has 0 saturated carbocycles. The molecule has 0 bridgehead atoms. The molecule has 0 aliphatic heterocycles. The van der Waals surface area contributed by atoms with Gasteiger partial charge in [-0.1, -0.05) is 12.0 Å². The van der Waals surface area contributed by atoms with E-state index in [9.17, 15) is 9.59 Å². The predicted molar refractivity (Wildman–Crippen MR) is 68.1 cm³/mol. The Morgan fingerprint density at radius 2 is 2.05 bits per heavy atom. The zero-order chi connectivity index (χ0) is 14.3. The molecule has 0 aliphatic rings. The lowest BCUT2D eigenvalue weighted by Crippen LogP contribution is -2.31. The van der Waals surface area contributed by atoms with Gasteiger partial charge in [-0.3, -0.25) is 4.79 Å². The van der Waals surface area contributed by atoms with Crippen LogP contribution in [0.2, 0.25) is 0 Å². The molecule has 1 rings (SSSR count). The number of ether oxygens (including phenoxy) is 1. The second-order valence-corrected chi connectivity index (χ2v) is 3.60. The number of methoxy groups -OCH3 is 1. The van der Waals surface area contributed by atoms with Crippen LogP contribution in [0.1, 0.15) is 20.7 Å². The highest BCUT2D eigenvalue weighted by atomic mass is 16.5. The normalized spacial score (nSPS) is 9.00. The summed E-state index contributed by atoms with van der Waals surface area (Å²) in [4.78, 5) is 24.7. The minimum atomic E-state index is -0.529. The standard InChI is InChI=1S/C14H12N2O3/c1-3-8-16(9-7-15)13(17)11-5-4-6-12(10-11)14(18)19-2/h1,4-6,10H,8-9H2,2H3. The first-order valence-electron chi connectivity index (χ1n) is 5.42. The summed E-state index contributed by atoms with van der Waals surface area (Å²) in [5, 5.41) is 8.65. The Bertz CT molecular complexity index is 551. The van der Waals surface area contributed by atoms with Gasteiger partial charge in [0.25, 0.3) is 5.91 Å². The number of rotatable bonds is 4. The van der Waals surface area contributed by atoms with Crippen molar-refractivity contribution in [2.45, 2.75) is 0 Å². The quantitative estimate of drug-likeness (QED) is 0.459. The minimum Gasteiger partial charge on any atom is -0.465 e. The number of hydrogen-bond acceptors (Lipinski definition) is 4. The maximum absolute atomic E-state index is 12.1. The van der Waals surface area contributed by atoms with Crippen LogP contribution in [0.5, 0.6) is 0 Å². The molecule has 0 aromatic heterocycles. The molecule has 0 N–H and O–H groups in total. The van der Waals surface area contributed by atoms with E-state index in [4.69, 9.17) is 11.7 Å². The van der Waals surface area contributed by atoms with Gasteiger partial charge in [-0.15, -0.1) is 6.42 Å². The maximum atomic E-state index is 12.1. The number of carbonyl (C=O) groups is 2. The lowest BCUT2D eigenvalue weighted by molar-refractivity contribution is 0.0600. The van der Waals surface area contributed by atoms with Crippen molar-refractivity contribution in [3.63, 3.8) is 0 Å². The van der Waals surface area contributed by atoms with E-state index in [2.05, 4.69) is 10.7 Å². The van der Waals surface area contributed by atoms with Crippen molar-refractivity contribution in [1.29, 1.82) is 5.26 Å². The van der Waals surface area contributed by atoms with Crippen LogP contribution in [-0.2, 0) is 4.74 Å². The molecule has 19 heavy (non-hydrogen) atoms. The second kappa shape index (κ2) is 6.83. The predicted octanol–water partition coefficient (Wildman–Crippen LogP) is 1.07. The summed E-state index contributed by atoms with van der Waals surface area (Å²) in [7, 11) is 1.26. The zero-order valence-electron chi connectivity index (χ0n) is 10.4. The highest BCUT2D eigenvalue weighted by Gasteiger charge is 2.16. The summed E-state index contributed by atoms with van der Waals surface area (Å²) in [5.74, 6) is 1.39. The lowest BCUT2D eigenvalue weighted by Gasteiger charge is -2.16. The first-order chi connectivity index (χ1) is 9.13. The van der Waals surface area contributed by atoms with Gasteiger partial charge in [0.1, 0.15) is 6.54 Å². The Hall–Kier alpha value is -2.79. The van der Waals surface area contributed by atoms with Crippen molar-refractivity contribution in [2.75, 3.05) is 20.2 Å². The second-order valence-electron chi connectivity index (χ2n) is 3.60. The lowest BCUT2D eigenvalue weighted by atomic mass is 10.1. The van der Waals surface area contributed by atoms with Crippen molar-refractivity contribution < 1.29 is 14.3 Å². The fourth-order valence-corrected chi connectivity index (χ4v) is 1.47. The molecule has 0 heterocycles. The van der Waals surface area contributed by atoms with Crippen LogP contribution in [-0.4, -0.2) is 37.0 Å². The smallest absolute Gasteiger partial charge is 0.337 e. The van der Waals surface area contributed by atoms with E-state index < -0.39 is 11.9 Å². The van der Waals surface area contributed by atoms with Gasteiger partial charge in [-0.05, 0) is 18.2 Å². The summed E-state index contributed by atoms with van der Waals surface area (Å²) in [6.07, 6.45) is 5.15. The van der Waals surface area contributed by atoms with Crippen LogP contribution in [0.15, 0.2) is 24.3 Å². The molecule has 0 aliphatic carbocycles. The first kappa shape index (κ1) is 14.3. The number of esters is 1. The largest absolute Gasteiger partial charge is 0.465 e. The molecule has 0 atom stereocenters. The van der Waals surface area contributed by atoms with Gasteiger partial charge in [0.2, 0.25) is 0 Å². The van der Waals surface area contributed by atoms with E-state index >= 15 is 0 Å². The third-order valence-electron chi connectivity index (χ3n) is 2.36. The van der Waals surface area contributed by atoms with Gasteiger partial charge in [0.15, 0.2) is 0 Å². The van der Waals surface area contributed by atoms with Crippen molar-refractivity contribution in [2.24, 2.45) is 0 Å². The molecule has 96 valence electrons. The summed E-state index contributed by atoms with van der Waals surface area (Å²) in [6, 6.07) is 7.94. The summed E-state index contributed by atoms with van der Waals surface area (Å²) < 4.78 is 4.58. The first-order valence-corrected chi connectivity index (χ1v) is 5.42. The SMILES string of the molecule is C#CCN(CC#N)C(=O)c1cccc(C(=O)OC)c1. The Morgan fingerprint density at radius 3 is 2.63 bits per heavy atom.